The highest BCUT2D eigenvalue weighted by atomic mass is 32.2. The van der Waals surface area contributed by atoms with Gasteiger partial charge in [0.2, 0.25) is 0 Å². The quantitative estimate of drug-likeness (QED) is 0.804. The van der Waals surface area contributed by atoms with Gasteiger partial charge in [-0.15, -0.1) is 0 Å². The first-order valence-corrected chi connectivity index (χ1v) is 9.36. The average molecular weight is 331 g/mol. The Labute approximate surface area is 127 Å². The highest BCUT2D eigenvalue weighted by molar-refractivity contribution is 8.01. The molecule has 8 heteroatoms. The van der Waals surface area contributed by atoms with Crippen molar-refractivity contribution in [2.24, 2.45) is 0 Å². The second-order valence-electron chi connectivity index (χ2n) is 4.68. The summed E-state index contributed by atoms with van der Waals surface area (Å²) in [5.41, 5.74) is 0.161. The number of benzene rings is 1. The van der Waals surface area contributed by atoms with Crippen LogP contribution in [-0.4, -0.2) is 58.6 Å². The maximum absolute atomic E-state index is 12.5. The standard InChI is InChI=1S/C13H17NO5S2/c1-2-21(18,19)12-8-20-6-5-14(12)13(17)9-3-4-10(15)11(16)7-9/h3-4,7,12,15-16H,2,5-6,8H2,1H3. The molecule has 0 spiro atoms. The molecule has 2 N–H and O–H groups in total. The van der Waals surface area contributed by atoms with E-state index in [1.807, 2.05) is 0 Å². The van der Waals surface area contributed by atoms with Crippen molar-refractivity contribution in [1.82, 2.24) is 4.90 Å². The zero-order valence-corrected chi connectivity index (χ0v) is 13.2. The molecular weight excluding hydrogens is 314 g/mol. The molecule has 1 aromatic carbocycles. The van der Waals surface area contributed by atoms with Crippen LogP contribution in [0.4, 0.5) is 0 Å². The van der Waals surface area contributed by atoms with E-state index in [1.165, 1.54) is 28.8 Å². The molecule has 1 aliphatic rings. The Hall–Kier alpha value is -1.41. The molecule has 0 aliphatic carbocycles. The van der Waals surface area contributed by atoms with Gasteiger partial charge in [0.25, 0.3) is 5.91 Å². The molecule has 0 saturated carbocycles. The summed E-state index contributed by atoms with van der Waals surface area (Å²) < 4.78 is 24.2. The molecule has 116 valence electrons. The van der Waals surface area contributed by atoms with Crippen LogP contribution >= 0.6 is 11.8 Å². The third-order valence-electron chi connectivity index (χ3n) is 3.38. The van der Waals surface area contributed by atoms with Crippen LogP contribution in [0.5, 0.6) is 11.5 Å². The molecule has 0 aromatic heterocycles. The van der Waals surface area contributed by atoms with Gasteiger partial charge in [0.05, 0.1) is 0 Å². The molecule has 21 heavy (non-hydrogen) atoms. The van der Waals surface area contributed by atoms with Crippen LogP contribution in [-0.2, 0) is 9.84 Å². The van der Waals surface area contributed by atoms with Crippen LogP contribution in [0, 0.1) is 0 Å². The van der Waals surface area contributed by atoms with Crippen molar-refractivity contribution in [2.75, 3.05) is 23.8 Å². The Kier molecular flexibility index (Phi) is 4.67. The molecule has 1 atom stereocenters. The van der Waals surface area contributed by atoms with Gasteiger partial charge in [-0.05, 0) is 18.2 Å². The summed E-state index contributed by atoms with van der Waals surface area (Å²) in [6.45, 7) is 1.90. The molecule has 1 fully saturated rings. The van der Waals surface area contributed by atoms with Gasteiger partial charge < -0.3 is 15.1 Å². The van der Waals surface area contributed by atoms with Crippen molar-refractivity contribution in [3.8, 4) is 11.5 Å². The summed E-state index contributed by atoms with van der Waals surface area (Å²) in [5.74, 6) is -0.173. The van der Waals surface area contributed by atoms with E-state index < -0.39 is 26.9 Å². The number of aromatic hydroxyl groups is 2. The molecule has 1 aromatic rings. The number of hydrogen-bond donors (Lipinski definition) is 2. The average Bonchev–Trinajstić information content (AvgIpc) is 2.49. The monoisotopic (exact) mass is 331 g/mol. The first-order chi connectivity index (χ1) is 9.86. The number of carbonyl (C=O) groups is 1. The van der Waals surface area contributed by atoms with Crippen molar-refractivity contribution in [2.45, 2.75) is 12.3 Å². The number of phenolic OH excluding ortho intramolecular Hbond substituents is 2. The van der Waals surface area contributed by atoms with E-state index in [4.69, 9.17) is 0 Å². The Morgan fingerprint density at radius 2 is 2.10 bits per heavy atom. The molecule has 0 bridgehead atoms. The van der Waals surface area contributed by atoms with E-state index in [2.05, 4.69) is 0 Å². The van der Waals surface area contributed by atoms with E-state index >= 15 is 0 Å². The fourth-order valence-electron chi connectivity index (χ4n) is 2.13. The van der Waals surface area contributed by atoms with Crippen LogP contribution in [0.3, 0.4) is 0 Å². The summed E-state index contributed by atoms with van der Waals surface area (Å²) in [6.07, 6.45) is 0. The normalized spacial score (nSPS) is 19.5. The van der Waals surface area contributed by atoms with Gasteiger partial charge >= 0.3 is 0 Å². The topological polar surface area (TPSA) is 94.9 Å². The molecule has 2 rings (SSSR count). The molecule has 6 nitrogen and oxygen atoms in total. The van der Waals surface area contributed by atoms with Gasteiger partial charge in [-0.1, -0.05) is 6.92 Å². The summed E-state index contributed by atoms with van der Waals surface area (Å²) in [5, 5.41) is 17.9. The Morgan fingerprint density at radius 1 is 1.38 bits per heavy atom. The molecular formula is C13H17NO5S2. The van der Waals surface area contributed by atoms with Crippen molar-refractivity contribution in [3.05, 3.63) is 23.8 Å². The minimum Gasteiger partial charge on any atom is -0.504 e. The molecule has 1 saturated heterocycles. The first-order valence-electron chi connectivity index (χ1n) is 6.49. The van der Waals surface area contributed by atoms with E-state index in [9.17, 15) is 23.4 Å². The number of hydrogen-bond acceptors (Lipinski definition) is 6. The number of carbonyl (C=O) groups excluding carboxylic acids is 1. The number of phenols is 2. The van der Waals surface area contributed by atoms with Crippen LogP contribution in [0.25, 0.3) is 0 Å². The maximum atomic E-state index is 12.5. The Balaban J connectivity index is 2.33. The molecule has 1 amide bonds. The maximum Gasteiger partial charge on any atom is 0.255 e. The number of nitrogens with zero attached hydrogens (tertiary/aromatic N) is 1. The van der Waals surface area contributed by atoms with Gasteiger partial charge in [-0.25, -0.2) is 8.42 Å². The second-order valence-corrected chi connectivity index (χ2v) is 8.28. The van der Waals surface area contributed by atoms with Gasteiger partial charge in [0.1, 0.15) is 5.37 Å². The molecule has 1 unspecified atom stereocenters. The van der Waals surface area contributed by atoms with Crippen LogP contribution in [0.1, 0.15) is 17.3 Å². The van der Waals surface area contributed by atoms with E-state index in [1.54, 1.807) is 6.92 Å². The second kappa shape index (κ2) is 6.15. The number of sulfone groups is 1. The fourth-order valence-corrected chi connectivity index (χ4v) is 5.09. The Morgan fingerprint density at radius 3 is 2.71 bits per heavy atom. The largest absolute Gasteiger partial charge is 0.504 e. The minimum atomic E-state index is -3.37. The highest BCUT2D eigenvalue weighted by Crippen LogP contribution is 2.28. The fraction of sp³-hybridized carbons (Fsp3) is 0.462. The van der Waals surface area contributed by atoms with Crippen molar-refractivity contribution in [3.63, 3.8) is 0 Å². The zero-order valence-electron chi connectivity index (χ0n) is 11.5. The summed E-state index contributed by atoms with van der Waals surface area (Å²) >= 11 is 1.50. The van der Waals surface area contributed by atoms with Crippen molar-refractivity contribution in [1.29, 1.82) is 0 Å². The van der Waals surface area contributed by atoms with Crippen LogP contribution in [0.15, 0.2) is 18.2 Å². The lowest BCUT2D eigenvalue weighted by atomic mass is 10.1. The van der Waals surface area contributed by atoms with Gasteiger partial charge in [-0.2, -0.15) is 11.8 Å². The minimum absolute atomic E-state index is 0.0250. The lowest BCUT2D eigenvalue weighted by Crippen LogP contribution is -2.50. The SMILES string of the molecule is CCS(=O)(=O)C1CSCCN1C(=O)c1ccc(O)c(O)c1. The summed E-state index contributed by atoms with van der Waals surface area (Å²) in [4.78, 5) is 13.8. The predicted octanol–water partition coefficient (Wildman–Crippen LogP) is 1.05. The molecule has 0 radical (unpaired) electrons. The molecule has 1 aliphatic heterocycles. The van der Waals surface area contributed by atoms with Crippen molar-refractivity contribution < 1.29 is 23.4 Å². The molecule has 1 heterocycles. The lowest BCUT2D eigenvalue weighted by Gasteiger charge is -2.34. The van der Waals surface area contributed by atoms with Gasteiger partial charge in [0.15, 0.2) is 21.3 Å². The third-order valence-corrected chi connectivity index (χ3v) is 6.67. The van der Waals surface area contributed by atoms with Gasteiger partial charge in [-0.3, -0.25) is 4.79 Å². The van der Waals surface area contributed by atoms with E-state index in [0.717, 1.165) is 6.07 Å². The zero-order chi connectivity index (χ0) is 15.6. The number of thioether (sulfide) groups is 1. The summed E-state index contributed by atoms with van der Waals surface area (Å²) in [7, 11) is -3.37. The third kappa shape index (κ3) is 3.26. The van der Waals surface area contributed by atoms with Crippen LogP contribution in [0.2, 0.25) is 0 Å². The first kappa shape index (κ1) is 16.0. The number of amides is 1. The Bertz CT molecular complexity index is 644. The lowest BCUT2D eigenvalue weighted by molar-refractivity contribution is 0.0749. The highest BCUT2D eigenvalue weighted by Gasteiger charge is 2.36. The predicted molar refractivity (Wildman–Crippen MR) is 81.4 cm³/mol. The van der Waals surface area contributed by atoms with Crippen molar-refractivity contribution >= 4 is 27.5 Å². The van der Waals surface area contributed by atoms with Crippen LogP contribution < -0.4 is 0 Å². The van der Waals surface area contributed by atoms with Gasteiger partial charge in [0, 0.05) is 29.4 Å². The van der Waals surface area contributed by atoms with E-state index in [0.29, 0.717) is 18.1 Å². The number of rotatable bonds is 3. The van der Waals surface area contributed by atoms with E-state index in [-0.39, 0.29) is 17.1 Å². The summed E-state index contributed by atoms with van der Waals surface area (Å²) in [6, 6.07) is 3.73. The smallest absolute Gasteiger partial charge is 0.255 e.